The molecule has 7 unspecified atom stereocenters. The molecular formula is C33H45N3O3S2. The molecule has 0 amide bonds. The molecule has 2 N–H and O–H groups in total. The Morgan fingerprint density at radius 2 is 1.95 bits per heavy atom. The van der Waals surface area contributed by atoms with Gasteiger partial charge in [-0.2, -0.15) is 5.10 Å². The molecule has 4 fully saturated rings. The van der Waals surface area contributed by atoms with Crippen molar-refractivity contribution in [3.8, 4) is 0 Å². The normalized spacial score (nSPS) is 38.5. The molecule has 2 aromatic rings. The van der Waals surface area contributed by atoms with Crippen LogP contribution in [0.1, 0.15) is 106 Å². The Morgan fingerprint density at radius 3 is 2.68 bits per heavy atom. The second-order valence-corrected chi connectivity index (χ2v) is 16.7. The van der Waals surface area contributed by atoms with Crippen LogP contribution in [0, 0.1) is 42.4 Å². The molecule has 222 valence electrons. The molecule has 5 aliphatic carbocycles. The van der Waals surface area contributed by atoms with Crippen molar-refractivity contribution in [2.75, 3.05) is 5.75 Å². The van der Waals surface area contributed by atoms with Gasteiger partial charge in [0.2, 0.25) is 0 Å². The number of aryl methyl sites for hydroxylation is 2. The fraction of sp³-hybridized carbons (Fsp3) is 0.727. The highest BCUT2D eigenvalue weighted by Gasteiger charge is 2.68. The first-order chi connectivity index (χ1) is 19.5. The number of aromatic nitrogens is 3. The van der Waals surface area contributed by atoms with Crippen molar-refractivity contribution in [1.29, 1.82) is 0 Å². The number of Topliss-reactive ketones (excluding diaryl/α,β-unsaturated/α-hetero) is 1. The Bertz CT molecular complexity index is 1370. The summed E-state index contributed by atoms with van der Waals surface area (Å²) in [6.07, 6.45) is 15.2. The zero-order valence-corrected chi connectivity index (χ0v) is 26.6. The molecule has 6 nitrogen and oxygen atoms in total. The SMILES string of the molecule is Cc1nc(SCC(=O)C2(O)CCC3C4CCC5=Cc6c(cnn6C6CCCCC6)CC5(C)C4C(O)CC32C)sc1C. The lowest BCUT2D eigenvalue weighted by atomic mass is 9.45. The van der Waals surface area contributed by atoms with E-state index in [0.717, 1.165) is 35.7 Å². The number of thioether (sulfide) groups is 1. The zero-order valence-electron chi connectivity index (χ0n) is 25.0. The number of aliphatic hydroxyl groups is 2. The third kappa shape index (κ3) is 4.21. The van der Waals surface area contributed by atoms with Crippen molar-refractivity contribution in [2.24, 2.45) is 28.6 Å². The summed E-state index contributed by atoms with van der Waals surface area (Å²) in [5, 5.41) is 29.0. The first kappa shape index (κ1) is 28.3. The maximum absolute atomic E-state index is 13.7. The van der Waals surface area contributed by atoms with Crippen LogP contribution in [-0.4, -0.2) is 48.2 Å². The van der Waals surface area contributed by atoms with E-state index >= 15 is 0 Å². The highest BCUT2D eigenvalue weighted by Crippen LogP contribution is 2.67. The van der Waals surface area contributed by atoms with E-state index in [1.807, 2.05) is 6.92 Å². The summed E-state index contributed by atoms with van der Waals surface area (Å²) in [7, 11) is 0. The second kappa shape index (κ2) is 10.0. The van der Waals surface area contributed by atoms with E-state index in [2.05, 4.69) is 42.7 Å². The van der Waals surface area contributed by atoms with Gasteiger partial charge in [0, 0.05) is 10.3 Å². The number of allylic oxidation sites excluding steroid dienone is 1. The number of fused-ring (bicyclic) bond motifs is 6. The number of nitrogens with zero attached hydrogens (tertiary/aromatic N) is 3. The van der Waals surface area contributed by atoms with E-state index in [1.54, 1.807) is 11.3 Å². The Kier molecular flexibility index (Phi) is 6.92. The van der Waals surface area contributed by atoms with Crippen LogP contribution in [0.4, 0.5) is 0 Å². The molecule has 8 heteroatoms. The number of hydrogen-bond donors (Lipinski definition) is 2. The van der Waals surface area contributed by atoms with Crippen molar-refractivity contribution >= 4 is 35.0 Å². The quantitative estimate of drug-likeness (QED) is 0.374. The van der Waals surface area contributed by atoms with Crippen LogP contribution in [-0.2, 0) is 11.2 Å². The smallest absolute Gasteiger partial charge is 0.175 e. The molecule has 7 atom stereocenters. The van der Waals surface area contributed by atoms with Gasteiger partial charge in [-0.1, -0.05) is 50.4 Å². The molecule has 0 aromatic carbocycles. The Labute approximate surface area is 252 Å². The van der Waals surface area contributed by atoms with Gasteiger partial charge in [-0.3, -0.25) is 9.48 Å². The van der Waals surface area contributed by atoms with Gasteiger partial charge in [-0.25, -0.2) is 4.98 Å². The number of carbonyl (C=O) groups is 1. The first-order valence-corrected chi connectivity index (χ1v) is 17.6. The summed E-state index contributed by atoms with van der Waals surface area (Å²) in [4.78, 5) is 19.5. The molecule has 0 aliphatic heterocycles. The average Bonchev–Trinajstić information content (AvgIpc) is 3.58. The van der Waals surface area contributed by atoms with Crippen molar-refractivity contribution in [3.05, 3.63) is 33.6 Å². The Morgan fingerprint density at radius 1 is 1.17 bits per heavy atom. The van der Waals surface area contributed by atoms with Gasteiger partial charge in [-0.05, 0) is 100 Å². The molecule has 0 bridgehead atoms. The number of aliphatic hydroxyl groups excluding tert-OH is 1. The highest BCUT2D eigenvalue weighted by atomic mass is 32.2. The molecule has 4 saturated carbocycles. The van der Waals surface area contributed by atoms with E-state index in [4.69, 9.17) is 5.10 Å². The standard InChI is InChI=1S/C33H45N3O3S2/c1-19-20(2)41-30(35-19)40-18-28(38)33(39)13-12-25-24-11-10-22-14-26-21(17-34-36(26)23-8-6-5-7-9-23)15-31(22,3)29(24)27(37)16-32(25,33)4/h14,17,23-25,27,29,37,39H,5-13,15-16,18H2,1-4H3. The summed E-state index contributed by atoms with van der Waals surface area (Å²) in [6.45, 7) is 8.53. The molecular weight excluding hydrogens is 551 g/mol. The van der Waals surface area contributed by atoms with Gasteiger partial charge in [0.15, 0.2) is 10.1 Å². The maximum Gasteiger partial charge on any atom is 0.175 e. The summed E-state index contributed by atoms with van der Waals surface area (Å²) in [5.41, 5.74) is 3.00. The molecule has 0 spiro atoms. The van der Waals surface area contributed by atoms with Crippen molar-refractivity contribution in [2.45, 2.75) is 120 Å². The van der Waals surface area contributed by atoms with Crippen LogP contribution in [0.15, 0.2) is 16.1 Å². The lowest BCUT2D eigenvalue weighted by Gasteiger charge is -2.60. The minimum Gasteiger partial charge on any atom is -0.393 e. The van der Waals surface area contributed by atoms with E-state index in [9.17, 15) is 15.0 Å². The summed E-state index contributed by atoms with van der Waals surface area (Å²) >= 11 is 3.07. The minimum absolute atomic E-state index is 0.0938. The fourth-order valence-electron chi connectivity index (χ4n) is 10.0. The van der Waals surface area contributed by atoms with Crippen LogP contribution >= 0.6 is 23.1 Å². The topological polar surface area (TPSA) is 88.2 Å². The number of hydrogen-bond acceptors (Lipinski definition) is 7. The summed E-state index contributed by atoms with van der Waals surface area (Å²) in [6, 6.07) is 0.515. The van der Waals surface area contributed by atoms with Gasteiger partial charge in [0.05, 0.1) is 35.5 Å². The number of ketones is 1. The lowest BCUT2D eigenvalue weighted by Crippen LogP contribution is -2.62. The molecule has 0 saturated heterocycles. The predicted octanol–water partition coefficient (Wildman–Crippen LogP) is 6.71. The molecule has 2 heterocycles. The average molecular weight is 596 g/mol. The van der Waals surface area contributed by atoms with E-state index in [0.29, 0.717) is 24.8 Å². The van der Waals surface area contributed by atoms with E-state index in [1.165, 1.54) is 65.6 Å². The van der Waals surface area contributed by atoms with E-state index < -0.39 is 17.1 Å². The monoisotopic (exact) mass is 595 g/mol. The Balaban J connectivity index is 1.13. The van der Waals surface area contributed by atoms with Crippen molar-refractivity contribution in [3.63, 3.8) is 0 Å². The maximum atomic E-state index is 13.7. The van der Waals surface area contributed by atoms with Crippen LogP contribution in [0.3, 0.4) is 0 Å². The number of rotatable bonds is 5. The largest absolute Gasteiger partial charge is 0.393 e. The highest BCUT2D eigenvalue weighted by molar-refractivity contribution is 8.01. The van der Waals surface area contributed by atoms with Gasteiger partial charge in [0.1, 0.15) is 5.60 Å². The number of carbonyl (C=O) groups excluding carboxylic acids is 1. The van der Waals surface area contributed by atoms with Crippen molar-refractivity contribution in [1.82, 2.24) is 14.8 Å². The third-order valence-corrected chi connectivity index (χ3v) is 14.5. The second-order valence-electron chi connectivity index (χ2n) is 14.3. The van der Waals surface area contributed by atoms with Gasteiger partial charge < -0.3 is 10.2 Å². The summed E-state index contributed by atoms with van der Waals surface area (Å²) < 4.78 is 3.21. The van der Waals surface area contributed by atoms with E-state index in [-0.39, 0.29) is 28.8 Å². The number of thiazole rings is 1. The van der Waals surface area contributed by atoms with Crippen LogP contribution in [0.2, 0.25) is 0 Å². The predicted molar refractivity (Wildman–Crippen MR) is 164 cm³/mol. The summed E-state index contributed by atoms with van der Waals surface area (Å²) in [5.74, 6) is 0.820. The molecule has 2 aromatic heterocycles. The molecule has 41 heavy (non-hydrogen) atoms. The molecule has 5 aliphatic rings. The van der Waals surface area contributed by atoms with Gasteiger partial charge in [-0.15, -0.1) is 11.3 Å². The Hall–Kier alpha value is -1.48. The van der Waals surface area contributed by atoms with Gasteiger partial charge >= 0.3 is 0 Å². The molecule has 7 rings (SSSR count). The van der Waals surface area contributed by atoms with Crippen LogP contribution in [0.25, 0.3) is 6.08 Å². The fourth-order valence-corrected chi connectivity index (χ4v) is 12.2. The molecule has 0 radical (unpaired) electrons. The minimum atomic E-state index is -1.39. The lowest BCUT2D eigenvalue weighted by molar-refractivity contribution is -0.177. The zero-order chi connectivity index (χ0) is 28.7. The van der Waals surface area contributed by atoms with Crippen LogP contribution in [0.5, 0.6) is 0 Å². The van der Waals surface area contributed by atoms with Crippen LogP contribution < -0.4 is 0 Å². The first-order valence-electron chi connectivity index (χ1n) is 15.8. The van der Waals surface area contributed by atoms with Gasteiger partial charge in [0.25, 0.3) is 0 Å². The van der Waals surface area contributed by atoms with Crippen molar-refractivity contribution < 1.29 is 15.0 Å². The third-order valence-electron chi connectivity index (χ3n) is 12.3.